The maximum Gasteiger partial charge on any atom is 0.0533 e. The first-order chi connectivity index (χ1) is 7.44. The number of benzene rings is 1. The average molecular weight is 218 g/mol. The summed E-state index contributed by atoms with van der Waals surface area (Å²) in [6, 6.07) is 8.58. The van der Waals surface area contributed by atoms with Crippen molar-refractivity contribution in [3.63, 3.8) is 0 Å². The van der Waals surface area contributed by atoms with E-state index < -0.39 is 0 Å². The Kier molecular flexibility index (Phi) is 2.62. The topological polar surface area (TPSA) is 20.2 Å². The molecule has 1 atom stereocenters. The molecule has 1 aliphatic carbocycles. The lowest BCUT2D eigenvalue weighted by Gasteiger charge is -2.23. The lowest BCUT2D eigenvalue weighted by Crippen LogP contribution is -2.21. The normalized spacial score (nSPS) is 27.1. The van der Waals surface area contributed by atoms with Gasteiger partial charge in [0.2, 0.25) is 0 Å². The van der Waals surface area contributed by atoms with Crippen molar-refractivity contribution in [1.29, 1.82) is 0 Å². The second kappa shape index (κ2) is 3.59. The zero-order chi connectivity index (χ0) is 12.0. The van der Waals surface area contributed by atoms with Gasteiger partial charge in [-0.3, -0.25) is 0 Å². The first-order valence-corrected chi connectivity index (χ1v) is 6.15. The molecule has 0 saturated heterocycles. The maximum atomic E-state index is 9.75. The third kappa shape index (κ3) is 1.49. The minimum Gasteiger partial charge on any atom is -0.395 e. The van der Waals surface area contributed by atoms with E-state index in [1.165, 1.54) is 11.1 Å². The van der Waals surface area contributed by atoms with Crippen LogP contribution < -0.4 is 0 Å². The third-order valence-corrected chi connectivity index (χ3v) is 4.28. The fourth-order valence-electron chi connectivity index (χ4n) is 2.96. The first kappa shape index (κ1) is 11.7. The molecule has 1 N–H and O–H groups in total. The molecule has 0 heterocycles. The summed E-state index contributed by atoms with van der Waals surface area (Å²) in [6.07, 6.45) is 1.10. The molecule has 1 heteroatoms. The second-order valence-electron chi connectivity index (χ2n) is 6.04. The quantitative estimate of drug-likeness (QED) is 0.823. The van der Waals surface area contributed by atoms with Gasteiger partial charge in [0.15, 0.2) is 0 Å². The molecule has 0 aromatic heterocycles. The van der Waals surface area contributed by atoms with Crippen molar-refractivity contribution in [2.45, 2.75) is 45.4 Å². The van der Waals surface area contributed by atoms with Gasteiger partial charge in [-0.2, -0.15) is 0 Å². The largest absolute Gasteiger partial charge is 0.395 e. The molecule has 1 unspecified atom stereocenters. The van der Waals surface area contributed by atoms with Crippen LogP contribution in [0.15, 0.2) is 24.3 Å². The third-order valence-electron chi connectivity index (χ3n) is 4.28. The van der Waals surface area contributed by atoms with Crippen LogP contribution in [0.25, 0.3) is 0 Å². The fourth-order valence-corrected chi connectivity index (χ4v) is 2.96. The molecule has 0 amide bonds. The molecule has 0 bridgehead atoms. The van der Waals surface area contributed by atoms with Crippen LogP contribution in [0, 0.1) is 5.41 Å². The van der Waals surface area contributed by atoms with Crippen molar-refractivity contribution in [3.8, 4) is 0 Å². The molecule has 88 valence electrons. The molecule has 0 radical (unpaired) electrons. The zero-order valence-corrected chi connectivity index (χ0v) is 10.7. The summed E-state index contributed by atoms with van der Waals surface area (Å²) < 4.78 is 0. The van der Waals surface area contributed by atoms with Crippen LogP contribution in [0.4, 0.5) is 0 Å². The second-order valence-corrected chi connectivity index (χ2v) is 6.04. The molecule has 1 aromatic rings. The van der Waals surface area contributed by atoms with Gasteiger partial charge in [-0.15, -0.1) is 0 Å². The van der Waals surface area contributed by atoms with Crippen molar-refractivity contribution in [3.05, 3.63) is 35.4 Å². The maximum absolute atomic E-state index is 9.75. The van der Waals surface area contributed by atoms with Crippen LogP contribution in [-0.2, 0) is 5.41 Å². The highest BCUT2D eigenvalue weighted by atomic mass is 16.3. The van der Waals surface area contributed by atoms with Gasteiger partial charge in [-0.25, -0.2) is 0 Å². The summed E-state index contributed by atoms with van der Waals surface area (Å²) in [5.41, 5.74) is 3.00. The number of rotatable bonds is 3. The van der Waals surface area contributed by atoms with Gasteiger partial charge in [-0.1, -0.05) is 52.0 Å². The summed E-state index contributed by atoms with van der Waals surface area (Å²) >= 11 is 0. The van der Waals surface area contributed by atoms with Gasteiger partial charge in [0.25, 0.3) is 0 Å². The average Bonchev–Trinajstić information content (AvgIpc) is 2.82. The zero-order valence-electron chi connectivity index (χ0n) is 10.7. The lowest BCUT2D eigenvalue weighted by atomic mass is 9.82. The monoisotopic (exact) mass is 218 g/mol. The first-order valence-electron chi connectivity index (χ1n) is 6.15. The number of hydrogen-bond acceptors (Lipinski definition) is 1. The van der Waals surface area contributed by atoms with E-state index in [-0.39, 0.29) is 17.4 Å². The molecule has 1 fully saturated rings. The Labute approximate surface area is 98.5 Å². The Balaban J connectivity index is 2.49. The standard InChI is InChI=1S/C15H22O/c1-11(2)12-7-5-6-8-13(12)15(10-16)9-14(15,3)4/h5-8,11,16H,9-10H2,1-4H3. The Morgan fingerprint density at radius 3 is 2.25 bits per heavy atom. The lowest BCUT2D eigenvalue weighted by molar-refractivity contribution is 0.230. The van der Waals surface area contributed by atoms with Crippen molar-refractivity contribution in [1.82, 2.24) is 0 Å². The fraction of sp³-hybridized carbons (Fsp3) is 0.600. The highest BCUT2D eigenvalue weighted by molar-refractivity contribution is 5.44. The molecule has 16 heavy (non-hydrogen) atoms. The van der Waals surface area contributed by atoms with E-state index in [0.717, 1.165) is 6.42 Å². The van der Waals surface area contributed by atoms with Crippen LogP contribution in [-0.4, -0.2) is 11.7 Å². The van der Waals surface area contributed by atoms with Crippen LogP contribution >= 0.6 is 0 Å². The van der Waals surface area contributed by atoms with Crippen LogP contribution in [0.5, 0.6) is 0 Å². The van der Waals surface area contributed by atoms with Gasteiger partial charge < -0.3 is 5.11 Å². The van der Waals surface area contributed by atoms with E-state index in [9.17, 15) is 5.11 Å². The summed E-state index contributed by atoms with van der Waals surface area (Å²) in [7, 11) is 0. The Hall–Kier alpha value is -0.820. The van der Waals surface area contributed by atoms with Gasteiger partial charge >= 0.3 is 0 Å². The molecule has 2 rings (SSSR count). The van der Waals surface area contributed by atoms with Crippen LogP contribution in [0.1, 0.15) is 51.2 Å². The van der Waals surface area contributed by atoms with Crippen molar-refractivity contribution in [2.75, 3.05) is 6.61 Å². The molecular weight excluding hydrogens is 196 g/mol. The van der Waals surface area contributed by atoms with Gasteiger partial charge in [0, 0.05) is 5.41 Å². The predicted molar refractivity (Wildman–Crippen MR) is 67.7 cm³/mol. The predicted octanol–water partition coefficient (Wildman–Crippen LogP) is 3.47. The Bertz CT molecular complexity index is 392. The molecule has 0 spiro atoms. The van der Waals surface area contributed by atoms with Gasteiger partial charge in [-0.05, 0) is 28.9 Å². The van der Waals surface area contributed by atoms with Crippen LogP contribution in [0.2, 0.25) is 0 Å². The van der Waals surface area contributed by atoms with Gasteiger partial charge in [0.05, 0.1) is 6.61 Å². The van der Waals surface area contributed by atoms with E-state index >= 15 is 0 Å². The number of aliphatic hydroxyl groups excluding tert-OH is 1. The van der Waals surface area contributed by atoms with Crippen molar-refractivity contribution < 1.29 is 5.11 Å². The smallest absolute Gasteiger partial charge is 0.0533 e. The van der Waals surface area contributed by atoms with E-state index in [4.69, 9.17) is 0 Å². The molecule has 1 saturated carbocycles. The summed E-state index contributed by atoms with van der Waals surface area (Å²) in [6.45, 7) is 9.21. The van der Waals surface area contributed by atoms with Crippen LogP contribution in [0.3, 0.4) is 0 Å². The van der Waals surface area contributed by atoms with Crippen molar-refractivity contribution in [2.24, 2.45) is 5.41 Å². The molecule has 1 nitrogen and oxygen atoms in total. The SMILES string of the molecule is CC(C)c1ccccc1C1(CO)CC1(C)C. The van der Waals surface area contributed by atoms with Crippen molar-refractivity contribution >= 4 is 0 Å². The van der Waals surface area contributed by atoms with Gasteiger partial charge in [0.1, 0.15) is 0 Å². The van der Waals surface area contributed by atoms with E-state index in [2.05, 4.69) is 52.0 Å². The molecular formula is C15H22O. The van der Waals surface area contributed by atoms with E-state index in [1.54, 1.807) is 0 Å². The summed E-state index contributed by atoms with van der Waals surface area (Å²) in [5.74, 6) is 0.524. The molecule has 1 aliphatic rings. The molecule has 0 aliphatic heterocycles. The summed E-state index contributed by atoms with van der Waals surface area (Å²) in [5, 5.41) is 9.75. The number of aliphatic hydroxyl groups is 1. The Morgan fingerprint density at radius 1 is 1.25 bits per heavy atom. The number of hydrogen-bond donors (Lipinski definition) is 1. The van der Waals surface area contributed by atoms with E-state index in [0.29, 0.717) is 5.92 Å². The minimum atomic E-state index is 0.00780. The summed E-state index contributed by atoms with van der Waals surface area (Å²) in [4.78, 5) is 0. The molecule has 1 aromatic carbocycles. The highest BCUT2D eigenvalue weighted by Crippen LogP contribution is 2.64. The highest BCUT2D eigenvalue weighted by Gasteiger charge is 2.62. The Morgan fingerprint density at radius 2 is 1.81 bits per heavy atom. The minimum absolute atomic E-state index is 0.00780. The van der Waals surface area contributed by atoms with E-state index in [1.807, 2.05) is 0 Å².